The Balaban J connectivity index is 2.54. The lowest BCUT2D eigenvalue weighted by Crippen LogP contribution is -2.36. The second kappa shape index (κ2) is 5.13. The van der Waals surface area contributed by atoms with Crippen molar-refractivity contribution in [3.63, 3.8) is 0 Å². The van der Waals surface area contributed by atoms with Gasteiger partial charge in [-0.05, 0) is 32.8 Å². The minimum Gasteiger partial charge on any atom is -0.496 e. The molecule has 0 spiro atoms. The quantitative estimate of drug-likeness (QED) is 0.811. The molecule has 0 aromatic heterocycles. The molecule has 0 aliphatic heterocycles. The van der Waals surface area contributed by atoms with E-state index in [1.807, 2.05) is 12.1 Å². The number of Topliss-reactive ketones (excluding diaryl/α,β-unsaturated/α-hetero) is 1. The van der Waals surface area contributed by atoms with Crippen LogP contribution >= 0.6 is 0 Å². The van der Waals surface area contributed by atoms with Crippen molar-refractivity contribution in [3.05, 3.63) is 29.3 Å². The van der Waals surface area contributed by atoms with Crippen molar-refractivity contribution in [2.24, 2.45) is 0 Å². The fourth-order valence-corrected chi connectivity index (χ4v) is 3.16. The smallest absolute Gasteiger partial charge is 0.140 e. The first-order valence-electron chi connectivity index (χ1n) is 6.76. The lowest BCUT2D eigenvalue weighted by Gasteiger charge is -2.36. The van der Waals surface area contributed by atoms with Crippen LogP contribution in [0.1, 0.15) is 50.2 Å². The topological polar surface area (TPSA) is 26.3 Å². The van der Waals surface area contributed by atoms with Gasteiger partial charge in [0, 0.05) is 5.56 Å². The molecule has 1 fully saturated rings. The standard InChI is InChI=1S/C16H22O2/c1-12-7-8-15(18-3)14(11-12)16(13(2)17)9-5-4-6-10-16/h7-8,11H,4-6,9-10H2,1-3H3. The van der Waals surface area contributed by atoms with E-state index in [-0.39, 0.29) is 11.2 Å². The molecule has 1 aromatic carbocycles. The first-order valence-corrected chi connectivity index (χ1v) is 6.76. The summed E-state index contributed by atoms with van der Waals surface area (Å²) >= 11 is 0. The maximum atomic E-state index is 12.2. The summed E-state index contributed by atoms with van der Waals surface area (Å²) in [5, 5.41) is 0. The summed E-state index contributed by atoms with van der Waals surface area (Å²) in [6, 6.07) is 6.16. The van der Waals surface area contributed by atoms with Crippen LogP contribution in [0.15, 0.2) is 18.2 Å². The number of ketones is 1. The third-order valence-corrected chi connectivity index (χ3v) is 4.25. The van der Waals surface area contributed by atoms with E-state index in [9.17, 15) is 4.79 Å². The number of aryl methyl sites for hydroxylation is 1. The number of benzene rings is 1. The van der Waals surface area contributed by atoms with Gasteiger partial charge in [-0.15, -0.1) is 0 Å². The van der Waals surface area contributed by atoms with E-state index in [1.54, 1.807) is 14.0 Å². The molecule has 0 unspecified atom stereocenters. The molecule has 0 radical (unpaired) electrons. The zero-order chi connectivity index (χ0) is 13.2. The van der Waals surface area contributed by atoms with Gasteiger partial charge in [0.15, 0.2) is 0 Å². The Labute approximate surface area is 109 Å². The molecule has 0 amide bonds. The molecule has 2 heteroatoms. The summed E-state index contributed by atoms with van der Waals surface area (Å²) in [5.74, 6) is 1.14. The molecule has 1 aliphatic rings. The molecular weight excluding hydrogens is 224 g/mol. The Bertz CT molecular complexity index is 442. The molecular formula is C16H22O2. The predicted molar refractivity (Wildman–Crippen MR) is 73.2 cm³/mol. The number of carbonyl (C=O) groups is 1. The maximum absolute atomic E-state index is 12.2. The fraction of sp³-hybridized carbons (Fsp3) is 0.562. The van der Waals surface area contributed by atoms with Crippen molar-refractivity contribution >= 4 is 5.78 Å². The molecule has 2 rings (SSSR count). The van der Waals surface area contributed by atoms with Crippen LogP contribution < -0.4 is 4.74 Å². The molecule has 98 valence electrons. The van der Waals surface area contributed by atoms with Crippen molar-refractivity contribution in [2.75, 3.05) is 7.11 Å². The summed E-state index contributed by atoms with van der Waals surface area (Å²) < 4.78 is 5.48. The van der Waals surface area contributed by atoms with E-state index < -0.39 is 0 Å². The van der Waals surface area contributed by atoms with Crippen molar-refractivity contribution in [1.29, 1.82) is 0 Å². The monoisotopic (exact) mass is 246 g/mol. The molecule has 1 saturated carbocycles. The Hall–Kier alpha value is -1.31. The van der Waals surface area contributed by atoms with Gasteiger partial charge in [0.2, 0.25) is 0 Å². The van der Waals surface area contributed by atoms with Gasteiger partial charge >= 0.3 is 0 Å². The summed E-state index contributed by atoms with van der Waals surface area (Å²) in [6.45, 7) is 3.80. The Morgan fingerprint density at radius 1 is 1.22 bits per heavy atom. The molecule has 2 nitrogen and oxygen atoms in total. The Morgan fingerprint density at radius 3 is 2.44 bits per heavy atom. The predicted octanol–water partition coefficient (Wildman–Crippen LogP) is 3.79. The van der Waals surface area contributed by atoms with E-state index in [0.717, 1.165) is 37.0 Å². The molecule has 18 heavy (non-hydrogen) atoms. The number of carbonyl (C=O) groups excluding carboxylic acids is 1. The molecule has 1 aliphatic carbocycles. The van der Waals surface area contributed by atoms with Gasteiger partial charge in [-0.3, -0.25) is 4.79 Å². The minimum atomic E-state index is -0.310. The number of ether oxygens (including phenoxy) is 1. The van der Waals surface area contributed by atoms with Crippen LogP contribution in [0.3, 0.4) is 0 Å². The first kappa shape index (κ1) is 13.1. The van der Waals surface area contributed by atoms with Crippen LogP contribution in [0.5, 0.6) is 5.75 Å². The summed E-state index contributed by atoms with van der Waals surface area (Å²) in [6.07, 6.45) is 5.43. The highest BCUT2D eigenvalue weighted by molar-refractivity contribution is 5.89. The van der Waals surface area contributed by atoms with E-state index in [1.165, 1.54) is 12.0 Å². The van der Waals surface area contributed by atoms with E-state index in [2.05, 4.69) is 13.0 Å². The highest BCUT2D eigenvalue weighted by Gasteiger charge is 2.40. The van der Waals surface area contributed by atoms with Crippen LogP contribution in [0.2, 0.25) is 0 Å². The summed E-state index contributed by atoms with van der Waals surface area (Å²) in [4.78, 5) is 12.2. The largest absolute Gasteiger partial charge is 0.496 e. The number of rotatable bonds is 3. The number of hydrogen-bond acceptors (Lipinski definition) is 2. The van der Waals surface area contributed by atoms with Gasteiger partial charge in [-0.25, -0.2) is 0 Å². The molecule has 0 bridgehead atoms. The Morgan fingerprint density at radius 2 is 1.89 bits per heavy atom. The molecule has 1 aromatic rings. The SMILES string of the molecule is COc1ccc(C)cc1C1(C(C)=O)CCCCC1. The van der Waals surface area contributed by atoms with Gasteiger partial charge in [0.05, 0.1) is 12.5 Å². The second-order valence-electron chi connectivity index (χ2n) is 5.40. The van der Waals surface area contributed by atoms with Gasteiger partial charge in [-0.1, -0.05) is 37.0 Å². The lowest BCUT2D eigenvalue weighted by molar-refractivity contribution is -0.123. The van der Waals surface area contributed by atoms with Crippen molar-refractivity contribution in [1.82, 2.24) is 0 Å². The van der Waals surface area contributed by atoms with Crippen LogP contribution in [-0.2, 0) is 10.2 Å². The van der Waals surface area contributed by atoms with Crippen molar-refractivity contribution in [3.8, 4) is 5.75 Å². The second-order valence-corrected chi connectivity index (χ2v) is 5.40. The Kier molecular flexibility index (Phi) is 3.74. The van der Waals surface area contributed by atoms with Crippen LogP contribution in [0, 0.1) is 6.92 Å². The highest BCUT2D eigenvalue weighted by Crippen LogP contribution is 2.44. The van der Waals surface area contributed by atoms with Gasteiger partial charge in [0.1, 0.15) is 11.5 Å². The van der Waals surface area contributed by atoms with Gasteiger partial charge in [-0.2, -0.15) is 0 Å². The third-order valence-electron chi connectivity index (χ3n) is 4.25. The third kappa shape index (κ3) is 2.16. The molecule has 0 saturated heterocycles. The van der Waals surface area contributed by atoms with Gasteiger partial charge < -0.3 is 4.74 Å². The lowest BCUT2D eigenvalue weighted by atomic mass is 9.66. The zero-order valence-corrected chi connectivity index (χ0v) is 11.6. The van der Waals surface area contributed by atoms with Gasteiger partial charge in [0.25, 0.3) is 0 Å². The van der Waals surface area contributed by atoms with Crippen molar-refractivity contribution in [2.45, 2.75) is 51.4 Å². The molecule has 0 N–H and O–H groups in total. The van der Waals surface area contributed by atoms with Crippen LogP contribution in [0.4, 0.5) is 0 Å². The van der Waals surface area contributed by atoms with Crippen LogP contribution in [0.25, 0.3) is 0 Å². The van der Waals surface area contributed by atoms with E-state index in [4.69, 9.17) is 4.74 Å². The highest BCUT2D eigenvalue weighted by atomic mass is 16.5. The van der Waals surface area contributed by atoms with Crippen molar-refractivity contribution < 1.29 is 9.53 Å². The summed E-state index contributed by atoms with van der Waals surface area (Å²) in [5.41, 5.74) is 1.98. The number of methoxy groups -OCH3 is 1. The fourth-order valence-electron chi connectivity index (χ4n) is 3.16. The zero-order valence-electron chi connectivity index (χ0n) is 11.6. The minimum absolute atomic E-state index is 0.283. The summed E-state index contributed by atoms with van der Waals surface area (Å²) in [7, 11) is 1.69. The normalized spacial score (nSPS) is 18.4. The van der Waals surface area contributed by atoms with E-state index >= 15 is 0 Å². The number of hydrogen-bond donors (Lipinski definition) is 0. The van der Waals surface area contributed by atoms with Crippen LogP contribution in [-0.4, -0.2) is 12.9 Å². The molecule has 0 atom stereocenters. The first-order chi connectivity index (χ1) is 8.60. The van der Waals surface area contributed by atoms with E-state index in [0.29, 0.717) is 0 Å². The maximum Gasteiger partial charge on any atom is 0.140 e. The average Bonchev–Trinajstić information content (AvgIpc) is 2.39. The average molecular weight is 246 g/mol. The molecule has 0 heterocycles.